The summed E-state index contributed by atoms with van der Waals surface area (Å²) in [5, 5.41) is 18.5. The number of aromatic nitrogens is 2. The second kappa shape index (κ2) is 5.22. The normalized spacial score (nSPS) is 23.3. The van der Waals surface area contributed by atoms with E-state index >= 15 is 0 Å². The first-order valence-electron chi connectivity index (χ1n) is 5.45. The number of halogens is 1. The fourth-order valence-electron chi connectivity index (χ4n) is 1.95. The van der Waals surface area contributed by atoms with Crippen LogP contribution in [-0.2, 0) is 9.59 Å². The van der Waals surface area contributed by atoms with Gasteiger partial charge in [0.2, 0.25) is 5.91 Å². The van der Waals surface area contributed by atoms with Crippen molar-refractivity contribution in [3.8, 4) is 0 Å². The number of amides is 1. The second-order valence-corrected chi connectivity index (χ2v) is 4.59. The number of H-pyrrole nitrogens is 1. The van der Waals surface area contributed by atoms with Gasteiger partial charge in [-0.1, -0.05) is 17.7 Å². The van der Waals surface area contributed by atoms with Crippen LogP contribution in [0.3, 0.4) is 0 Å². The van der Waals surface area contributed by atoms with Crippen LogP contribution in [0.5, 0.6) is 0 Å². The molecule has 0 aromatic carbocycles. The highest BCUT2D eigenvalue weighted by atomic mass is 35.5. The van der Waals surface area contributed by atoms with Gasteiger partial charge in [0.25, 0.3) is 0 Å². The standard InChI is InChI=1S/C11H12ClN3O3/c12-6-1-2-7(11(17)18)8(5-6)10(16)14-9-3-4-13-15-9/h1,3-4,7-8H,2,5H2,(H,17,18)(H2,13,14,15,16)/t7-,8-/m1/s1. The van der Waals surface area contributed by atoms with Crippen molar-refractivity contribution in [3.05, 3.63) is 23.4 Å². The summed E-state index contributed by atoms with van der Waals surface area (Å²) in [4.78, 5) is 23.1. The molecule has 1 heterocycles. The number of nitrogens with zero attached hydrogens (tertiary/aromatic N) is 1. The molecule has 18 heavy (non-hydrogen) atoms. The molecule has 7 heteroatoms. The summed E-state index contributed by atoms with van der Waals surface area (Å²) >= 11 is 5.88. The number of carboxylic acid groups (broad SMARTS) is 1. The largest absolute Gasteiger partial charge is 0.481 e. The fraction of sp³-hybridized carbons (Fsp3) is 0.364. The van der Waals surface area contributed by atoms with E-state index in [1.807, 2.05) is 0 Å². The van der Waals surface area contributed by atoms with Crippen LogP contribution in [0.2, 0.25) is 0 Å². The maximum Gasteiger partial charge on any atom is 0.307 e. The molecule has 1 aromatic rings. The molecule has 0 radical (unpaired) electrons. The van der Waals surface area contributed by atoms with Gasteiger partial charge in [0, 0.05) is 11.1 Å². The number of aromatic amines is 1. The minimum absolute atomic E-state index is 0.249. The van der Waals surface area contributed by atoms with E-state index in [2.05, 4.69) is 15.5 Å². The first kappa shape index (κ1) is 12.6. The molecular weight excluding hydrogens is 258 g/mol. The molecule has 0 bridgehead atoms. The third kappa shape index (κ3) is 2.70. The Kier molecular flexibility index (Phi) is 3.66. The Morgan fingerprint density at radius 2 is 2.28 bits per heavy atom. The van der Waals surface area contributed by atoms with Gasteiger partial charge in [-0.2, -0.15) is 5.10 Å². The number of aliphatic carboxylic acids is 1. The van der Waals surface area contributed by atoms with Gasteiger partial charge in [-0.15, -0.1) is 0 Å². The van der Waals surface area contributed by atoms with Crippen molar-refractivity contribution in [2.75, 3.05) is 5.32 Å². The predicted molar refractivity (Wildman–Crippen MR) is 65.0 cm³/mol. The maximum absolute atomic E-state index is 12.0. The first-order valence-corrected chi connectivity index (χ1v) is 5.83. The molecule has 0 saturated carbocycles. The average Bonchev–Trinajstić information content (AvgIpc) is 2.81. The Morgan fingerprint density at radius 3 is 2.89 bits per heavy atom. The Bertz CT molecular complexity index is 484. The Morgan fingerprint density at radius 1 is 1.50 bits per heavy atom. The number of carbonyl (C=O) groups excluding carboxylic acids is 1. The SMILES string of the molecule is O=C(O)[C@@H]1CC=C(Cl)C[C@H]1C(=O)Nc1ccn[nH]1. The Hall–Kier alpha value is -1.82. The van der Waals surface area contributed by atoms with Gasteiger partial charge in [-0.3, -0.25) is 14.7 Å². The van der Waals surface area contributed by atoms with Crippen LogP contribution in [0.25, 0.3) is 0 Å². The maximum atomic E-state index is 12.0. The molecule has 1 aliphatic carbocycles. The number of rotatable bonds is 3. The van der Waals surface area contributed by atoms with E-state index in [0.29, 0.717) is 10.9 Å². The van der Waals surface area contributed by atoms with Crippen LogP contribution >= 0.6 is 11.6 Å². The van der Waals surface area contributed by atoms with E-state index in [4.69, 9.17) is 16.7 Å². The van der Waals surface area contributed by atoms with Gasteiger partial charge in [-0.05, 0) is 12.8 Å². The lowest BCUT2D eigenvalue weighted by Gasteiger charge is -2.25. The highest BCUT2D eigenvalue weighted by molar-refractivity contribution is 6.29. The third-order valence-corrected chi connectivity index (χ3v) is 3.22. The van der Waals surface area contributed by atoms with Crippen molar-refractivity contribution in [2.24, 2.45) is 11.8 Å². The summed E-state index contributed by atoms with van der Waals surface area (Å²) in [7, 11) is 0. The summed E-state index contributed by atoms with van der Waals surface area (Å²) in [6.45, 7) is 0. The van der Waals surface area contributed by atoms with E-state index in [1.54, 1.807) is 12.1 Å². The molecule has 0 fully saturated rings. The topological polar surface area (TPSA) is 95.1 Å². The number of allylic oxidation sites excluding steroid dienone is 2. The van der Waals surface area contributed by atoms with Gasteiger partial charge in [0.05, 0.1) is 18.0 Å². The van der Waals surface area contributed by atoms with Gasteiger partial charge < -0.3 is 10.4 Å². The molecule has 2 rings (SSSR count). The van der Waals surface area contributed by atoms with Crippen molar-refractivity contribution in [1.82, 2.24) is 10.2 Å². The molecule has 96 valence electrons. The molecule has 2 atom stereocenters. The molecule has 6 nitrogen and oxygen atoms in total. The van der Waals surface area contributed by atoms with Crippen molar-refractivity contribution >= 4 is 29.3 Å². The molecule has 3 N–H and O–H groups in total. The van der Waals surface area contributed by atoms with E-state index in [1.165, 1.54) is 6.20 Å². The first-order chi connectivity index (χ1) is 8.58. The van der Waals surface area contributed by atoms with Crippen molar-refractivity contribution < 1.29 is 14.7 Å². The quantitative estimate of drug-likeness (QED) is 0.776. The number of anilines is 1. The number of hydrogen-bond acceptors (Lipinski definition) is 3. The molecular formula is C11H12ClN3O3. The summed E-state index contributed by atoms with van der Waals surface area (Å²) < 4.78 is 0. The molecule has 0 spiro atoms. The van der Waals surface area contributed by atoms with E-state index in [9.17, 15) is 9.59 Å². The lowest BCUT2D eigenvalue weighted by Crippen LogP contribution is -2.35. The van der Waals surface area contributed by atoms with Crippen LogP contribution in [0.1, 0.15) is 12.8 Å². The minimum atomic E-state index is -0.986. The highest BCUT2D eigenvalue weighted by Gasteiger charge is 2.36. The smallest absolute Gasteiger partial charge is 0.307 e. The van der Waals surface area contributed by atoms with Crippen LogP contribution < -0.4 is 5.32 Å². The number of hydrogen-bond donors (Lipinski definition) is 3. The average molecular weight is 270 g/mol. The number of carboxylic acids is 1. The van der Waals surface area contributed by atoms with Gasteiger partial charge >= 0.3 is 5.97 Å². The van der Waals surface area contributed by atoms with Crippen molar-refractivity contribution in [2.45, 2.75) is 12.8 Å². The molecule has 1 aliphatic rings. The zero-order chi connectivity index (χ0) is 13.1. The van der Waals surface area contributed by atoms with Gasteiger partial charge in [-0.25, -0.2) is 0 Å². The monoisotopic (exact) mass is 269 g/mol. The van der Waals surface area contributed by atoms with Crippen LogP contribution in [0.15, 0.2) is 23.4 Å². The van der Waals surface area contributed by atoms with Crippen molar-refractivity contribution in [3.63, 3.8) is 0 Å². The fourth-order valence-corrected chi connectivity index (χ4v) is 2.21. The Balaban J connectivity index is 2.11. The van der Waals surface area contributed by atoms with Crippen LogP contribution in [0, 0.1) is 11.8 Å². The lowest BCUT2D eigenvalue weighted by atomic mass is 9.82. The minimum Gasteiger partial charge on any atom is -0.481 e. The zero-order valence-electron chi connectivity index (χ0n) is 9.39. The van der Waals surface area contributed by atoms with E-state index in [0.717, 1.165) is 0 Å². The number of nitrogens with one attached hydrogen (secondary N) is 2. The van der Waals surface area contributed by atoms with Crippen LogP contribution in [0.4, 0.5) is 5.82 Å². The van der Waals surface area contributed by atoms with Gasteiger partial charge in [0.15, 0.2) is 0 Å². The highest BCUT2D eigenvalue weighted by Crippen LogP contribution is 2.32. The lowest BCUT2D eigenvalue weighted by molar-refractivity contribution is -0.146. The molecule has 1 aromatic heterocycles. The predicted octanol–water partition coefficient (Wildman–Crippen LogP) is 1.58. The molecule has 0 aliphatic heterocycles. The molecule has 1 amide bonds. The zero-order valence-corrected chi connectivity index (χ0v) is 10.1. The summed E-state index contributed by atoms with van der Waals surface area (Å²) in [5.74, 6) is -2.31. The van der Waals surface area contributed by atoms with Crippen molar-refractivity contribution in [1.29, 1.82) is 0 Å². The summed E-state index contributed by atoms with van der Waals surface area (Å²) in [5.41, 5.74) is 0. The summed E-state index contributed by atoms with van der Waals surface area (Å²) in [6.07, 6.45) is 3.67. The molecule has 0 saturated heterocycles. The van der Waals surface area contributed by atoms with E-state index in [-0.39, 0.29) is 18.7 Å². The summed E-state index contributed by atoms with van der Waals surface area (Å²) in [6, 6.07) is 1.59. The van der Waals surface area contributed by atoms with Gasteiger partial charge in [0.1, 0.15) is 5.82 Å². The molecule has 0 unspecified atom stereocenters. The van der Waals surface area contributed by atoms with Crippen LogP contribution in [-0.4, -0.2) is 27.2 Å². The number of carbonyl (C=O) groups is 2. The van der Waals surface area contributed by atoms with E-state index < -0.39 is 17.8 Å². The third-order valence-electron chi connectivity index (χ3n) is 2.91. The Labute approximate surface area is 108 Å². The second-order valence-electron chi connectivity index (χ2n) is 4.10.